The summed E-state index contributed by atoms with van der Waals surface area (Å²) in [5, 5.41) is 0. The maximum absolute atomic E-state index is 13.2. The van der Waals surface area contributed by atoms with E-state index in [1.807, 2.05) is 12.1 Å². The van der Waals surface area contributed by atoms with Crippen molar-refractivity contribution < 1.29 is 13.6 Å². The molecule has 0 atom stereocenters. The van der Waals surface area contributed by atoms with Crippen LogP contribution in [0.2, 0.25) is 0 Å². The lowest BCUT2D eigenvalue weighted by molar-refractivity contribution is 0.103. The smallest absolute Gasteiger partial charge is 0.193 e. The molecule has 2 aromatic rings. The molecule has 2 aromatic carbocycles. The lowest BCUT2D eigenvalue weighted by atomic mass is 9.80. The van der Waals surface area contributed by atoms with Crippen LogP contribution in [-0.2, 0) is 0 Å². The quantitative estimate of drug-likeness (QED) is 0.754. The number of carbonyl (C=O) groups excluding carboxylic acids is 1. The first kappa shape index (κ1) is 13.0. The Hall–Kier alpha value is -2.03. The van der Waals surface area contributed by atoms with Crippen molar-refractivity contribution in [3.05, 3.63) is 70.8 Å². The third-order valence-corrected chi connectivity index (χ3v) is 3.93. The second kappa shape index (κ2) is 5.16. The highest BCUT2D eigenvalue weighted by Gasteiger charge is 2.19. The van der Waals surface area contributed by atoms with Crippen molar-refractivity contribution in [3.8, 4) is 0 Å². The summed E-state index contributed by atoms with van der Waals surface area (Å²) >= 11 is 0. The minimum Gasteiger partial charge on any atom is -0.289 e. The number of rotatable bonds is 3. The third kappa shape index (κ3) is 2.36. The Morgan fingerprint density at radius 3 is 2.10 bits per heavy atom. The van der Waals surface area contributed by atoms with Gasteiger partial charge in [-0.2, -0.15) is 0 Å². The van der Waals surface area contributed by atoms with Crippen LogP contribution in [0, 0.1) is 11.6 Å². The standard InChI is InChI=1S/C17H14F2O/c18-15-9-8-14(10-16(15)19)17(20)13-6-4-12(5-7-13)11-2-1-3-11/h4-11H,1-3H2. The van der Waals surface area contributed by atoms with Crippen LogP contribution in [0.3, 0.4) is 0 Å². The second-order valence-corrected chi connectivity index (χ2v) is 5.21. The molecular formula is C17H14F2O. The number of carbonyl (C=O) groups is 1. The zero-order valence-electron chi connectivity index (χ0n) is 10.9. The first-order valence-corrected chi connectivity index (χ1v) is 6.75. The zero-order valence-corrected chi connectivity index (χ0v) is 10.9. The van der Waals surface area contributed by atoms with Crippen LogP contribution >= 0.6 is 0 Å². The van der Waals surface area contributed by atoms with Crippen molar-refractivity contribution in [1.29, 1.82) is 0 Å². The highest BCUT2D eigenvalue weighted by Crippen LogP contribution is 2.36. The van der Waals surface area contributed by atoms with Crippen LogP contribution < -0.4 is 0 Å². The van der Waals surface area contributed by atoms with Crippen molar-refractivity contribution in [2.75, 3.05) is 0 Å². The second-order valence-electron chi connectivity index (χ2n) is 5.21. The monoisotopic (exact) mass is 272 g/mol. The number of hydrogen-bond donors (Lipinski definition) is 0. The fourth-order valence-corrected chi connectivity index (χ4v) is 2.45. The van der Waals surface area contributed by atoms with E-state index >= 15 is 0 Å². The van der Waals surface area contributed by atoms with Gasteiger partial charge in [0.1, 0.15) is 0 Å². The average molecular weight is 272 g/mol. The predicted octanol–water partition coefficient (Wildman–Crippen LogP) is 4.46. The summed E-state index contributed by atoms with van der Waals surface area (Å²) in [6, 6.07) is 10.7. The van der Waals surface area contributed by atoms with Gasteiger partial charge in [-0.1, -0.05) is 30.7 Å². The molecular weight excluding hydrogens is 258 g/mol. The topological polar surface area (TPSA) is 17.1 Å². The zero-order chi connectivity index (χ0) is 14.1. The molecule has 1 aliphatic carbocycles. The molecule has 3 rings (SSSR count). The van der Waals surface area contributed by atoms with Gasteiger partial charge in [0.05, 0.1) is 0 Å². The lowest BCUT2D eigenvalue weighted by Crippen LogP contribution is -2.09. The van der Waals surface area contributed by atoms with Crippen LogP contribution in [0.4, 0.5) is 8.78 Å². The van der Waals surface area contributed by atoms with Gasteiger partial charge >= 0.3 is 0 Å². The Morgan fingerprint density at radius 2 is 1.55 bits per heavy atom. The number of benzene rings is 2. The molecule has 0 unspecified atom stereocenters. The molecule has 0 saturated heterocycles. The molecule has 102 valence electrons. The van der Waals surface area contributed by atoms with E-state index in [2.05, 4.69) is 0 Å². The van der Waals surface area contributed by atoms with Gasteiger partial charge in [-0.15, -0.1) is 0 Å². The molecule has 0 radical (unpaired) electrons. The summed E-state index contributed by atoms with van der Waals surface area (Å²) in [5.74, 6) is -1.62. The Kier molecular flexibility index (Phi) is 3.35. The van der Waals surface area contributed by atoms with E-state index in [1.165, 1.54) is 30.9 Å². The molecule has 0 heterocycles. The van der Waals surface area contributed by atoms with Crippen molar-refractivity contribution in [2.45, 2.75) is 25.2 Å². The van der Waals surface area contributed by atoms with E-state index < -0.39 is 11.6 Å². The van der Waals surface area contributed by atoms with E-state index in [4.69, 9.17) is 0 Å². The molecule has 0 amide bonds. The van der Waals surface area contributed by atoms with E-state index in [1.54, 1.807) is 12.1 Å². The maximum Gasteiger partial charge on any atom is 0.193 e. The molecule has 1 aliphatic rings. The van der Waals surface area contributed by atoms with Gasteiger partial charge in [0, 0.05) is 11.1 Å². The molecule has 1 fully saturated rings. The minimum atomic E-state index is -0.998. The number of halogens is 2. The molecule has 0 aliphatic heterocycles. The molecule has 0 aromatic heterocycles. The summed E-state index contributed by atoms with van der Waals surface area (Å²) in [6.07, 6.45) is 3.67. The molecule has 0 bridgehead atoms. The van der Waals surface area contributed by atoms with Gasteiger partial charge in [0.15, 0.2) is 17.4 Å². The summed E-state index contributed by atoms with van der Waals surface area (Å²) in [7, 11) is 0. The van der Waals surface area contributed by atoms with E-state index in [0.29, 0.717) is 11.5 Å². The van der Waals surface area contributed by atoms with Crippen molar-refractivity contribution in [3.63, 3.8) is 0 Å². The molecule has 3 heteroatoms. The van der Waals surface area contributed by atoms with Gasteiger partial charge < -0.3 is 0 Å². The molecule has 1 saturated carbocycles. The average Bonchev–Trinajstić information content (AvgIpc) is 2.40. The lowest BCUT2D eigenvalue weighted by Gasteiger charge is -2.25. The van der Waals surface area contributed by atoms with Crippen molar-refractivity contribution >= 4 is 5.78 Å². The Labute approximate surface area is 116 Å². The number of hydrogen-bond acceptors (Lipinski definition) is 1. The first-order valence-electron chi connectivity index (χ1n) is 6.75. The third-order valence-electron chi connectivity index (χ3n) is 3.93. The van der Waals surface area contributed by atoms with Gasteiger partial charge in [-0.3, -0.25) is 4.79 Å². The summed E-state index contributed by atoms with van der Waals surface area (Å²) < 4.78 is 26.0. The SMILES string of the molecule is O=C(c1ccc(C2CCC2)cc1)c1ccc(F)c(F)c1. The van der Waals surface area contributed by atoms with Crippen molar-refractivity contribution in [1.82, 2.24) is 0 Å². The molecule has 1 nitrogen and oxygen atoms in total. The largest absolute Gasteiger partial charge is 0.289 e. The van der Waals surface area contributed by atoms with Crippen LogP contribution in [0.5, 0.6) is 0 Å². The molecule has 0 spiro atoms. The Bertz CT molecular complexity index is 643. The van der Waals surface area contributed by atoms with Gasteiger partial charge in [-0.25, -0.2) is 8.78 Å². The summed E-state index contributed by atoms with van der Waals surface area (Å²) in [6.45, 7) is 0. The molecule has 0 N–H and O–H groups in total. The van der Waals surface area contributed by atoms with Crippen LogP contribution in [-0.4, -0.2) is 5.78 Å². The molecule has 20 heavy (non-hydrogen) atoms. The van der Waals surface area contributed by atoms with Crippen LogP contribution in [0.25, 0.3) is 0 Å². The summed E-state index contributed by atoms with van der Waals surface area (Å²) in [4.78, 5) is 12.2. The van der Waals surface area contributed by atoms with Gasteiger partial charge in [0.25, 0.3) is 0 Å². The number of ketones is 1. The fraction of sp³-hybridized carbons (Fsp3) is 0.235. The van der Waals surface area contributed by atoms with E-state index in [-0.39, 0.29) is 11.3 Å². The van der Waals surface area contributed by atoms with E-state index in [9.17, 15) is 13.6 Å². The fourth-order valence-electron chi connectivity index (χ4n) is 2.45. The maximum atomic E-state index is 13.2. The van der Waals surface area contributed by atoms with Crippen LogP contribution in [0.15, 0.2) is 42.5 Å². The van der Waals surface area contributed by atoms with E-state index in [0.717, 1.165) is 12.1 Å². The highest BCUT2D eigenvalue weighted by atomic mass is 19.2. The minimum absolute atomic E-state index is 0.167. The Morgan fingerprint density at radius 1 is 0.900 bits per heavy atom. The van der Waals surface area contributed by atoms with Gasteiger partial charge in [0.2, 0.25) is 0 Å². The van der Waals surface area contributed by atoms with Crippen molar-refractivity contribution in [2.24, 2.45) is 0 Å². The first-order chi connectivity index (χ1) is 9.65. The normalized spacial score (nSPS) is 14.9. The van der Waals surface area contributed by atoms with Crippen LogP contribution in [0.1, 0.15) is 46.7 Å². The Balaban J connectivity index is 1.84. The highest BCUT2D eigenvalue weighted by molar-refractivity contribution is 6.08. The van der Waals surface area contributed by atoms with Gasteiger partial charge in [-0.05, 0) is 42.5 Å². The summed E-state index contributed by atoms with van der Waals surface area (Å²) in [5.41, 5.74) is 1.91. The predicted molar refractivity (Wildman–Crippen MR) is 72.8 cm³/mol.